The third kappa shape index (κ3) is 4.80. The molecule has 4 rings (SSSR count). The zero-order valence-corrected chi connectivity index (χ0v) is 16.4. The lowest BCUT2D eigenvalue weighted by Crippen LogP contribution is -2.15. The van der Waals surface area contributed by atoms with Gasteiger partial charge in [-0.25, -0.2) is 4.98 Å². The summed E-state index contributed by atoms with van der Waals surface area (Å²) in [5.41, 5.74) is 10.5. The number of alkyl halides is 2. The number of primary amides is 1. The highest BCUT2D eigenvalue weighted by Gasteiger charge is 2.13. The van der Waals surface area contributed by atoms with E-state index in [0.29, 0.717) is 23.7 Å². The van der Waals surface area contributed by atoms with Gasteiger partial charge < -0.3 is 21.1 Å². The van der Waals surface area contributed by atoms with E-state index in [-0.39, 0.29) is 11.3 Å². The summed E-state index contributed by atoms with van der Waals surface area (Å²) in [7, 11) is 0. The van der Waals surface area contributed by atoms with Crippen LogP contribution in [0.15, 0.2) is 60.8 Å². The second-order valence-electron chi connectivity index (χ2n) is 6.96. The van der Waals surface area contributed by atoms with Crippen molar-refractivity contribution in [2.24, 2.45) is 5.73 Å². The molecule has 6 nitrogen and oxygen atoms in total. The minimum absolute atomic E-state index is 0.0596. The van der Waals surface area contributed by atoms with E-state index in [4.69, 9.17) is 5.73 Å². The van der Waals surface area contributed by atoms with Crippen molar-refractivity contribution in [2.75, 3.05) is 10.6 Å². The van der Waals surface area contributed by atoms with Crippen LogP contribution in [0.4, 0.5) is 26.0 Å². The first-order valence-electron chi connectivity index (χ1n) is 9.62. The zero-order chi connectivity index (χ0) is 21.8. The van der Waals surface area contributed by atoms with E-state index in [9.17, 15) is 13.6 Å². The van der Waals surface area contributed by atoms with E-state index in [1.54, 1.807) is 18.2 Å². The van der Waals surface area contributed by atoms with E-state index < -0.39 is 12.5 Å². The molecule has 1 aromatic heterocycles. The molecule has 0 unspecified atom stereocenters. The number of aromatic nitrogens is 1. The average molecular weight is 422 g/mol. The number of allylic oxidation sites excluding steroid dienone is 1. The third-order valence-corrected chi connectivity index (χ3v) is 4.90. The van der Waals surface area contributed by atoms with Gasteiger partial charge in [0, 0.05) is 24.5 Å². The summed E-state index contributed by atoms with van der Waals surface area (Å²) >= 11 is 0. The number of carbonyl (C=O) groups is 1. The molecule has 1 heterocycles. The third-order valence-electron chi connectivity index (χ3n) is 4.90. The molecule has 8 heteroatoms. The van der Waals surface area contributed by atoms with Gasteiger partial charge in [0.05, 0.1) is 11.3 Å². The van der Waals surface area contributed by atoms with Crippen LogP contribution in [0.3, 0.4) is 0 Å². The summed E-state index contributed by atoms with van der Waals surface area (Å²) in [6.07, 6.45) is 6.54. The highest BCUT2D eigenvalue weighted by molar-refractivity contribution is 5.98. The molecule has 0 saturated carbocycles. The zero-order valence-electron chi connectivity index (χ0n) is 16.4. The maximum absolute atomic E-state index is 12.3. The average Bonchev–Trinajstić information content (AvgIpc) is 3.23. The molecule has 2 aromatic carbocycles. The number of ether oxygens (including phenoxy) is 1. The van der Waals surface area contributed by atoms with E-state index >= 15 is 0 Å². The highest BCUT2D eigenvalue weighted by Crippen LogP contribution is 2.26. The number of anilines is 3. The van der Waals surface area contributed by atoms with Crippen molar-refractivity contribution in [3.8, 4) is 5.75 Å². The number of fused-ring (bicyclic) bond motifs is 1. The molecule has 0 aliphatic heterocycles. The normalized spacial score (nSPS) is 12.0. The summed E-state index contributed by atoms with van der Waals surface area (Å²) in [6, 6.07) is 13.9. The fraction of sp³-hybridized carbons (Fsp3) is 0.130. The summed E-state index contributed by atoms with van der Waals surface area (Å²) in [5, 5.41) is 6.35. The Balaban J connectivity index is 1.52. The topological polar surface area (TPSA) is 89.3 Å². The monoisotopic (exact) mass is 422 g/mol. The minimum atomic E-state index is -2.88. The van der Waals surface area contributed by atoms with Gasteiger partial charge >= 0.3 is 6.61 Å². The molecule has 0 fully saturated rings. The van der Waals surface area contributed by atoms with Gasteiger partial charge in [-0.3, -0.25) is 4.79 Å². The van der Waals surface area contributed by atoms with Crippen molar-refractivity contribution in [2.45, 2.75) is 19.6 Å². The molecule has 1 aliphatic carbocycles. The van der Waals surface area contributed by atoms with E-state index in [1.165, 1.54) is 29.5 Å². The summed E-state index contributed by atoms with van der Waals surface area (Å²) in [4.78, 5) is 16.1. The molecule has 1 amide bonds. The van der Waals surface area contributed by atoms with Gasteiger partial charge in [-0.2, -0.15) is 8.78 Å². The second-order valence-corrected chi connectivity index (χ2v) is 6.96. The lowest BCUT2D eigenvalue weighted by molar-refractivity contribution is -0.0498. The standard InChI is InChI=1S/C23H20F2N4O2/c24-23(25)31-17-9-7-16(8-10-17)29-21-11-20(19(13-28-21)22(26)30)27-12-15-5-1-3-14-4-2-6-18(14)15/h1-3,5-11,13,23H,4,12H2,(H2,26,30)(H2,27,28,29). The van der Waals surface area contributed by atoms with Crippen molar-refractivity contribution >= 4 is 29.2 Å². The Hall–Kier alpha value is -3.94. The summed E-state index contributed by atoms with van der Waals surface area (Å²) in [5.74, 6) is -0.0640. The van der Waals surface area contributed by atoms with Crippen molar-refractivity contribution in [1.29, 1.82) is 0 Å². The summed E-state index contributed by atoms with van der Waals surface area (Å²) in [6.45, 7) is -2.37. The number of nitrogens with one attached hydrogen (secondary N) is 2. The maximum atomic E-state index is 12.3. The number of amides is 1. The highest BCUT2D eigenvalue weighted by atomic mass is 19.3. The summed E-state index contributed by atoms with van der Waals surface area (Å²) < 4.78 is 28.9. The predicted octanol–water partition coefficient (Wildman–Crippen LogP) is 4.71. The van der Waals surface area contributed by atoms with Gasteiger partial charge in [0.2, 0.25) is 0 Å². The van der Waals surface area contributed by atoms with Crippen LogP contribution in [0.1, 0.15) is 27.0 Å². The molecule has 0 spiro atoms. The molecule has 1 aliphatic rings. The molecule has 0 radical (unpaired) electrons. The number of pyridine rings is 1. The number of carbonyl (C=O) groups excluding carboxylic acids is 1. The molecule has 0 saturated heterocycles. The molecule has 4 N–H and O–H groups in total. The Kier molecular flexibility index (Phi) is 5.79. The van der Waals surface area contributed by atoms with Crippen LogP contribution in [0.25, 0.3) is 6.08 Å². The van der Waals surface area contributed by atoms with Crippen LogP contribution >= 0.6 is 0 Å². The van der Waals surface area contributed by atoms with Gasteiger partial charge in [-0.15, -0.1) is 0 Å². The SMILES string of the molecule is NC(=O)c1cnc(Nc2ccc(OC(F)F)cc2)cc1NCc1cccc2c1C=CC2. The van der Waals surface area contributed by atoms with Crippen molar-refractivity contribution in [3.05, 3.63) is 83.1 Å². The smallest absolute Gasteiger partial charge is 0.387 e. The Bertz CT molecular complexity index is 1130. The van der Waals surface area contributed by atoms with Crippen LogP contribution in [-0.2, 0) is 13.0 Å². The number of hydrogen-bond acceptors (Lipinski definition) is 5. The number of benzene rings is 2. The molecule has 0 bridgehead atoms. The Morgan fingerprint density at radius 1 is 1.19 bits per heavy atom. The van der Waals surface area contributed by atoms with E-state index in [0.717, 1.165) is 12.0 Å². The molecular weight excluding hydrogens is 402 g/mol. The number of rotatable bonds is 8. The predicted molar refractivity (Wildman–Crippen MR) is 116 cm³/mol. The maximum Gasteiger partial charge on any atom is 0.387 e. The molecular formula is C23H20F2N4O2. The van der Waals surface area contributed by atoms with Gasteiger partial charge in [-0.05, 0) is 47.4 Å². The van der Waals surface area contributed by atoms with Crippen LogP contribution < -0.4 is 21.1 Å². The van der Waals surface area contributed by atoms with Crippen LogP contribution in [0, 0.1) is 0 Å². The molecule has 31 heavy (non-hydrogen) atoms. The van der Waals surface area contributed by atoms with Gasteiger partial charge in [0.1, 0.15) is 11.6 Å². The van der Waals surface area contributed by atoms with Crippen molar-refractivity contribution in [3.63, 3.8) is 0 Å². The van der Waals surface area contributed by atoms with E-state index in [2.05, 4.69) is 38.6 Å². The Morgan fingerprint density at radius 2 is 2.00 bits per heavy atom. The van der Waals surface area contributed by atoms with E-state index in [1.807, 2.05) is 12.1 Å². The molecule has 158 valence electrons. The Morgan fingerprint density at radius 3 is 2.74 bits per heavy atom. The number of nitrogens with two attached hydrogens (primary N) is 1. The van der Waals surface area contributed by atoms with Crippen molar-refractivity contribution in [1.82, 2.24) is 4.98 Å². The molecule has 3 aromatic rings. The van der Waals surface area contributed by atoms with Gasteiger partial charge in [0.25, 0.3) is 5.91 Å². The minimum Gasteiger partial charge on any atom is -0.435 e. The van der Waals surface area contributed by atoms with Crippen LogP contribution in [-0.4, -0.2) is 17.5 Å². The fourth-order valence-corrected chi connectivity index (χ4v) is 3.44. The first kappa shape index (κ1) is 20.3. The lowest BCUT2D eigenvalue weighted by atomic mass is 10.0. The van der Waals surface area contributed by atoms with Crippen LogP contribution in [0.2, 0.25) is 0 Å². The van der Waals surface area contributed by atoms with Gasteiger partial charge in [0.15, 0.2) is 0 Å². The first-order chi connectivity index (χ1) is 15.0. The van der Waals surface area contributed by atoms with Gasteiger partial charge in [-0.1, -0.05) is 30.4 Å². The number of halogens is 2. The quantitative estimate of drug-likeness (QED) is 0.489. The lowest BCUT2D eigenvalue weighted by Gasteiger charge is -2.14. The largest absolute Gasteiger partial charge is 0.435 e. The first-order valence-corrected chi connectivity index (χ1v) is 9.62. The Labute approximate surface area is 177 Å². The van der Waals surface area contributed by atoms with Crippen LogP contribution in [0.5, 0.6) is 5.75 Å². The second kappa shape index (κ2) is 8.83. The van der Waals surface area contributed by atoms with Crippen molar-refractivity contribution < 1.29 is 18.3 Å². The number of hydrogen-bond donors (Lipinski definition) is 3. The fourth-order valence-electron chi connectivity index (χ4n) is 3.44. The number of nitrogens with zero attached hydrogens (tertiary/aromatic N) is 1. The molecule has 0 atom stereocenters.